The summed E-state index contributed by atoms with van der Waals surface area (Å²) in [6.45, 7) is 1.52. The molecule has 0 aliphatic rings. The van der Waals surface area contributed by atoms with Crippen molar-refractivity contribution in [2.24, 2.45) is 0 Å². The topological polar surface area (TPSA) is 43.8 Å². The highest BCUT2D eigenvalue weighted by atomic mass is 19.4. The van der Waals surface area contributed by atoms with Crippen LogP contribution in [0.3, 0.4) is 0 Å². The third kappa shape index (κ3) is 4.13. The Hall–Kier alpha value is -2.97. The van der Waals surface area contributed by atoms with Crippen LogP contribution in [0.25, 0.3) is 11.3 Å². The molecule has 0 atom stereocenters. The van der Waals surface area contributed by atoms with E-state index in [-0.39, 0.29) is 17.8 Å². The minimum absolute atomic E-state index is 0.0486. The van der Waals surface area contributed by atoms with Crippen molar-refractivity contribution in [1.29, 1.82) is 0 Å². The summed E-state index contributed by atoms with van der Waals surface area (Å²) in [5.41, 5.74) is 5.22. The number of aryl methyl sites for hydroxylation is 1. The lowest BCUT2D eigenvalue weighted by molar-refractivity contribution is -0.144. The average molecular weight is 399 g/mol. The fraction of sp³-hybridized carbons (Fsp3) is 0.211. The normalized spacial score (nSPS) is 12.4. The molecule has 0 bridgehead atoms. The van der Waals surface area contributed by atoms with E-state index in [9.17, 15) is 26.3 Å². The number of nitrogens with two attached hydrogens (primary N) is 1. The molecule has 0 saturated carbocycles. The van der Waals surface area contributed by atoms with Crippen LogP contribution in [-0.4, -0.2) is 9.78 Å². The Labute approximate surface area is 156 Å². The van der Waals surface area contributed by atoms with Gasteiger partial charge in [-0.1, -0.05) is 24.3 Å². The van der Waals surface area contributed by atoms with Gasteiger partial charge in [-0.15, -0.1) is 0 Å². The lowest BCUT2D eigenvalue weighted by Gasteiger charge is -2.11. The maximum atomic E-state index is 13.4. The predicted molar refractivity (Wildman–Crippen MR) is 92.4 cm³/mol. The summed E-state index contributed by atoms with van der Waals surface area (Å²) in [5, 5.41) is 3.92. The molecule has 1 aromatic heterocycles. The van der Waals surface area contributed by atoms with Gasteiger partial charge in [0.1, 0.15) is 5.69 Å². The highest BCUT2D eigenvalue weighted by Crippen LogP contribution is 2.35. The molecule has 3 nitrogen and oxygen atoms in total. The minimum atomic E-state index is -4.71. The van der Waals surface area contributed by atoms with Gasteiger partial charge in [-0.25, -0.2) is 0 Å². The van der Waals surface area contributed by atoms with E-state index in [2.05, 4.69) is 5.10 Å². The molecule has 2 aromatic carbocycles. The number of nitrogens with zero attached hydrogens (tertiary/aromatic N) is 2. The molecule has 2 N–H and O–H groups in total. The van der Waals surface area contributed by atoms with Crippen molar-refractivity contribution in [3.05, 3.63) is 70.9 Å². The molecular weight excluding hydrogens is 384 g/mol. The second kappa shape index (κ2) is 6.88. The first-order valence-corrected chi connectivity index (χ1v) is 8.13. The number of halogens is 6. The zero-order valence-electron chi connectivity index (χ0n) is 14.6. The molecule has 0 amide bonds. The van der Waals surface area contributed by atoms with Gasteiger partial charge in [0.05, 0.1) is 17.8 Å². The molecule has 148 valence electrons. The molecule has 0 saturated heterocycles. The van der Waals surface area contributed by atoms with Crippen LogP contribution in [0.2, 0.25) is 0 Å². The fourth-order valence-electron chi connectivity index (χ4n) is 2.77. The number of rotatable bonds is 3. The number of aromatic nitrogens is 2. The molecular formula is C19H15F6N3. The summed E-state index contributed by atoms with van der Waals surface area (Å²) in [4.78, 5) is 0. The largest absolute Gasteiger partial charge is 0.433 e. The average Bonchev–Trinajstić information content (AvgIpc) is 3.02. The Bertz CT molecular complexity index is 1000. The van der Waals surface area contributed by atoms with Crippen LogP contribution in [0.15, 0.2) is 48.5 Å². The van der Waals surface area contributed by atoms with Crippen molar-refractivity contribution in [2.45, 2.75) is 25.8 Å². The molecule has 0 unspecified atom stereocenters. The minimum Gasteiger partial charge on any atom is -0.399 e. The number of alkyl halides is 6. The SMILES string of the molecule is Cc1cc(Cn2nc(-c3cccc(C(F)(F)F)c3)cc2C(F)(F)F)ccc1N. The van der Waals surface area contributed by atoms with Crippen LogP contribution in [0, 0.1) is 6.92 Å². The molecule has 0 aliphatic heterocycles. The Kier molecular flexibility index (Phi) is 4.86. The Morgan fingerprint density at radius 1 is 0.929 bits per heavy atom. The van der Waals surface area contributed by atoms with Gasteiger partial charge in [-0.05, 0) is 42.3 Å². The van der Waals surface area contributed by atoms with Gasteiger partial charge in [-0.3, -0.25) is 4.68 Å². The smallest absolute Gasteiger partial charge is 0.399 e. The first kappa shape index (κ1) is 19.8. The van der Waals surface area contributed by atoms with Gasteiger partial charge in [0.15, 0.2) is 0 Å². The monoisotopic (exact) mass is 399 g/mol. The van der Waals surface area contributed by atoms with Crippen LogP contribution in [0.1, 0.15) is 22.4 Å². The van der Waals surface area contributed by atoms with Crippen LogP contribution in [0.5, 0.6) is 0 Å². The van der Waals surface area contributed by atoms with E-state index in [0.29, 0.717) is 16.8 Å². The van der Waals surface area contributed by atoms with Crippen molar-refractivity contribution >= 4 is 5.69 Å². The van der Waals surface area contributed by atoms with Crippen molar-refractivity contribution in [1.82, 2.24) is 9.78 Å². The molecule has 0 aliphatic carbocycles. The summed E-state index contributed by atoms with van der Waals surface area (Å²) >= 11 is 0. The summed E-state index contributed by atoms with van der Waals surface area (Å²) in [7, 11) is 0. The van der Waals surface area contributed by atoms with Gasteiger partial charge in [0.25, 0.3) is 0 Å². The lowest BCUT2D eigenvalue weighted by atomic mass is 10.1. The maximum Gasteiger partial charge on any atom is 0.433 e. The third-order valence-electron chi connectivity index (χ3n) is 4.22. The second-order valence-electron chi connectivity index (χ2n) is 6.34. The molecule has 0 fully saturated rings. The Morgan fingerprint density at radius 2 is 1.64 bits per heavy atom. The highest BCUT2D eigenvalue weighted by molar-refractivity contribution is 5.61. The molecule has 3 rings (SSSR count). The molecule has 9 heteroatoms. The summed E-state index contributed by atoms with van der Waals surface area (Å²) in [6, 6.07) is 9.59. The van der Waals surface area contributed by atoms with E-state index in [4.69, 9.17) is 5.73 Å². The zero-order valence-corrected chi connectivity index (χ0v) is 14.6. The second-order valence-corrected chi connectivity index (χ2v) is 6.34. The van der Waals surface area contributed by atoms with Crippen LogP contribution in [0.4, 0.5) is 32.0 Å². The van der Waals surface area contributed by atoms with E-state index < -0.39 is 23.6 Å². The third-order valence-corrected chi connectivity index (χ3v) is 4.22. The van der Waals surface area contributed by atoms with E-state index in [1.54, 1.807) is 25.1 Å². The Morgan fingerprint density at radius 3 is 2.25 bits per heavy atom. The summed E-state index contributed by atoms with van der Waals surface area (Å²) < 4.78 is 79.7. The number of anilines is 1. The van der Waals surface area contributed by atoms with Crippen LogP contribution < -0.4 is 5.73 Å². The van der Waals surface area contributed by atoms with Crippen molar-refractivity contribution < 1.29 is 26.3 Å². The molecule has 1 heterocycles. The first-order valence-electron chi connectivity index (χ1n) is 8.13. The van der Waals surface area contributed by atoms with Crippen LogP contribution in [-0.2, 0) is 18.9 Å². The number of benzene rings is 2. The van der Waals surface area contributed by atoms with Gasteiger partial charge >= 0.3 is 12.4 Å². The van der Waals surface area contributed by atoms with E-state index in [1.165, 1.54) is 6.07 Å². The lowest BCUT2D eigenvalue weighted by Crippen LogP contribution is -2.15. The van der Waals surface area contributed by atoms with Gasteiger partial charge in [0.2, 0.25) is 0 Å². The number of nitrogen functional groups attached to an aromatic ring is 1. The summed E-state index contributed by atoms with van der Waals surface area (Å²) in [5.74, 6) is 0. The first-order chi connectivity index (χ1) is 12.9. The predicted octanol–water partition coefficient (Wildman–Crippen LogP) is 5.53. The molecule has 3 aromatic rings. The van der Waals surface area contributed by atoms with Crippen molar-refractivity contribution in [3.63, 3.8) is 0 Å². The number of hydrogen-bond donors (Lipinski definition) is 1. The maximum absolute atomic E-state index is 13.4. The van der Waals surface area contributed by atoms with Crippen molar-refractivity contribution in [2.75, 3.05) is 5.73 Å². The van der Waals surface area contributed by atoms with E-state index in [1.807, 2.05) is 0 Å². The zero-order chi connectivity index (χ0) is 20.7. The van der Waals surface area contributed by atoms with Gasteiger partial charge < -0.3 is 5.73 Å². The molecule has 0 radical (unpaired) electrons. The standard InChI is InChI=1S/C19H15F6N3/c1-11-7-12(5-6-15(11)26)10-28-17(19(23,24)25)9-16(27-28)13-3-2-4-14(8-13)18(20,21)22/h2-9H,10,26H2,1H3. The van der Waals surface area contributed by atoms with E-state index in [0.717, 1.165) is 28.9 Å². The number of hydrogen-bond acceptors (Lipinski definition) is 2. The molecule has 0 spiro atoms. The van der Waals surface area contributed by atoms with Crippen molar-refractivity contribution in [3.8, 4) is 11.3 Å². The highest BCUT2D eigenvalue weighted by Gasteiger charge is 2.36. The van der Waals surface area contributed by atoms with Gasteiger partial charge in [-0.2, -0.15) is 31.4 Å². The van der Waals surface area contributed by atoms with Gasteiger partial charge in [0, 0.05) is 11.3 Å². The fourth-order valence-corrected chi connectivity index (χ4v) is 2.77. The Balaban J connectivity index is 2.04. The summed E-state index contributed by atoms with van der Waals surface area (Å²) in [6.07, 6.45) is -9.32. The van der Waals surface area contributed by atoms with Crippen LogP contribution >= 0.6 is 0 Å². The quantitative estimate of drug-likeness (QED) is 0.465. The molecule has 28 heavy (non-hydrogen) atoms. The van der Waals surface area contributed by atoms with E-state index >= 15 is 0 Å².